The van der Waals surface area contributed by atoms with Gasteiger partial charge in [0.25, 0.3) is 0 Å². The van der Waals surface area contributed by atoms with Gasteiger partial charge in [-0.2, -0.15) is 0 Å². The van der Waals surface area contributed by atoms with E-state index in [1.54, 1.807) is 12.3 Å². The molecule has 5 rings (SSSR count). The smallest absolute Gasteiger partial charge is 0.360 e. The van der Waals surface area contributed by atoms with Crippen LogP contribution in [0.3, 0.4) is 0 Å². The van der Waals surface area contributed by atoms with Crippen LogP contribution in [0.15, 0.2) is 46.5 Å². The normalized spacial score (nSPS) is 18.5. The number of methoxy groups -OCH3 is 1. The molecule has 1 aromatic carbocycles. The van der Waals surface area contributed by atoms with Crippen molar-refractivity contribution in [2.75, 3.05) is 36.6 Å². The number of nitrogens with zero attached hydrogens (tertiary/aromatic N) is 4. The molecule has 1 aliphatic heterocycles. The fourth-order valence-corrected chi connectivity index (χ4v) is 6.09. The van der Waals surface area contributed by atoms with Crippen molar-refractivity contribution in [1.82, 2.24) is 15.0 Å². The van der Waals surface area contributed by atoms with Gasteiger partial charge in [-0.15, -0.1) is 0 Å². The Balaban J connectivity index is 1.42. The molecule has 3 aromatic rings. The van der Waals surface area contributed by atoms with Gasteiger partial charge in [0, 0.05) is 30.2 Å². The molecule has 1 aliphatic carbocycles. The van der Waals surface area contributed by atoms with E-state index in [4.69, 9.17) is 33.5 Å². The van der Waals surface area contributed by atoms with Crippen molar-refractivity contribution < 1.29 is 9.53 Å². The predicted molar refractivity (Wildman–Crippen MR) is 137 cm³/mol. The molecular weight excluding hydrogens is 486 g/mol. The van der Waals surface area contributed by atoms with E-state index in [-0.39, 0.29) is 33.8 Å². The van der Waals surface area contributed by atoms with Crippen molar-refractivity contribution in [2.24, 2.45) is 11.1 Å². The zero-order valence-corrected chi connectivity index (χ0v) is 20.8. The molecular formula is C24H26ClN7O2S. The topological polar surface area (TPSA) is 146 Å². The highest BCUT2D eigenvalue weighted by atomic mass is 35.5. The number of hydrogen-bond acceptors (Lipinski definition) is 10. The third-order valence-electron chi connectivity index (χ3n) is 6.99. The Labute approximate surface area is 212 Å². The van der Waals surface area contributed by atoms with E-state index in [1.807, 2.05) is 11.0 Å². The highest BCUT2D eigenvalue weighted by Gasteiger charge is 2.46. The van der Waals surface area contributed by atoms with Crippen LogP contribution in [-0.4, -0.2) is 41.1 Å². The summed E-state index contributed by atoms with van der Waals surface area (Å²) in [6.07, 6.45) is 4.24. The monoisotopic (exact) mass is 511 g/mol. The number of esters is 1. The number of piperidine rings is 1. The SMILES string of the molecule is COC(=O)c1nc(Sc2ccnc(N)c2Cl)c(N)nc1N1CCC2(CC1)Cc1ccccc1[C@H]2N. The molecule has 0 bridgehead atoms. The van der Waals surface area contributed by atoms with Crippen molar-refractivity contribution >= 4 is 46.8 Å². The lowest BCUT2D eigenvalue weighted by atomic mass is 9.73. The summed E-state index contributed by atoms with van der Waals surface area (Å²) in [5, 5.41) is 0.626. The Morgan fingerprint density at radius 2 is 1.91 bits per heavy atom. The summed E-state index contributed by atoms with van der Waals surface area (Å²) in [5.74, 6) is 0.217. The van der Waals surface area contributed by atoms with Crippen LogP contribution in [0.25, 0.3) is 0 Å². The molecule has 2 aliphatic rings. The van der Waals surface area contributed by atoms with E-state index in [0.29, 0.717) is 28.8 Å². The number of benzene rings is 1. The number of ether oxygens (including phenoxy) is 1. The second-order valence-corrected chi connectivity index (χ2v) is 10.3. The van der Waals surface area contributed by atoms with E-state index in [0.717, 1.165) is 19.3 Å². The number of pyridine rings is 1. The third kappa shape index (κ3) is 4.15. The standard InChI is InChI=1S/C24H26ClN7O2S/c1-34-23(33)17-21(31-20(28)22(30-17)35-15-6-9-29-19(27)16(15)25)32-10-7-24(8-11-32)12-13-4-2-3-5-14(13)18(24)26/h2-6,9,18H,7-8,10-12,26H2,1H3,(H2,27,29)(H2,28,31)/t18-/m1/s1. The summed E-state index contributed by atoms with van der Waals surface area (Å²) in [5.41, 5.74) is 21.5. The Bertz CT molecular complexity index is 1300. The minimum atomic E-state index is -0.583. The summed E-state index contributed by atoms with van der Waals surface area (Å²) >= 11 is 7.44. The Morgan fingerprint density at radius 3 is 2.63 bits per heavy atom. The minimum Gasteiger partial charge on any atom is -0.464 e. The molecule has 1 atom stereocenters. The van der Waals surface area contributed by atoms with E-state index in [9.17, 15) is 4.79 Å². The fourth-order valence-electron chi connectivity index (χ4n) is 5.05. The average molecular weight is 512 g/mol. The number of rotatable bonds is 4. The summed E-state index contributed by atoms with van der Waals surface area (Å²) in [7, 11) is 1.32. The first kappa shape index (κ1) is 23.7. The van der Waals surface area contributed by atoms with Gasteiger partial charge in [0.05, 0.1) is 12.1 Å². The molecule has 6 N–H and O–H groups in total. The van der Waals surface area contributed by atoms with Gasteiger partial charge >= 0.3 is 5.97 Å². The number of nitrogen functional groups attached to an aromatic ring is 2. The fraction of sp³-hybridized carbons (Fsp3) is 0.333. The molecule has 0 amide bonds. The first-order valence-corrected chi connectivity index (χ1v) is 12.4. The summed E-state index contributed by atoms with van der Waals surface area (Å²) in [6, 6.07) is 10.1. The van der Waals surface area contributed by atoms with Crippen LogP contribution in [0.1, 0.15) is 40.5 Å². The molecule has 1 saturated heterocycles. The highest BCUT2D eigenvalue weighted by Crippen LogP contribution is 2.51. The van der Waals surface area contributed by atoms with Gasteiger partial charge < -0.3 is 26.8 Å². The van der Waals surface area contributed by atoms with Crippen LogP contribution in [-0.2, 0) is 11.2 Å². The second kappa shape index (κ2) is 9.18. The van der Waals surface area contributed by atoms with E-state index >= 15 is 0 Å². The maximum atomic E-state index is 12.7. The van der Waals surface area contributed by atoms with Crippen molar-refractivity contribution in [3.05, 3.63) is 58.4 Å². The summed E-state index contributed by atoms with van der Waals surface area (Å²) in [6.45, 7) is 1.36. The molecule has 2 aromatic heterocycles. The molecule has 0 radical (unpaired) electrons. The zero-order valence-electron chi connectivity index (χ0n) is 19.2. The maximum Gasteiger partial charge on any atom is 0.360 e. The van der Waals surface area contributed by atoms with Crippen LogP contribution in [0, 0.1) is 5.41 Å². The molecule has 9 nitrogen and oxygen atoms in total. The number of hydrogen-bond donors (Lipinski definition) is 3. The Morgan fingerprint density at radius 1 is 1.17 bits per heavy atom. The van der Waals surface area contributed by atoms with Gasteiger partial charge in [-0.25, -0.2) is 19.7 Å². The first-order chi connectivity index (χ1) is 16.8. The number of halogens is 1. The lowest BCUT2D eigenvalue weighted by Crippen LogP contribution is -2.45. The molecule has 35 heavy (non-hydrogen) atoms. The van der Waals surface area contributed by atoms with Crippen molar-refractivity contribution in [3.8, 4) is 0 Å². The number of anilines is 3. The van der Waals surface area contributed by atoms with Crippen LogP contribution < -0.4 is 22.1 Å². The minimum absolute atomic E-state index is 0.00158. The van der Waals surface area contributed by atoms with Gasteiger partial charge in [0.2, 0.25) is 0 Å². The van der Waals surface area contributed by atoms with Gasteiger partial charge in [-0.1, -0.05) is 47.6 Å². The van der Waals surface area contributed by atoms with Crippen molar-refractivity contribution in [3.63, 3.8) is 0 Å². The van der Waals surface area contributed by atoms with Crippen LogP contribution in [0.5, 0.6) is 0 Å². The van der Waals surface area contributed by atoms with E-state index < -0.39 is 5.97 Å². The molecule has 1 fully saturated rings. The molecule has 3 heterocycles. The van der Waals surface area contributed by atoms with Gasteiger partial charge in [0.15, 0.2) is 17.3 Å². The van der Waals surface area contributed by atoms with Crippen molar-refractivity contribution in [1.29, 1.82) is 0 Å². The quantitative estimate of drug-likeness (QED) is 0.445. The van der Waals surface area contributed by atoms with Crippen LogP contribution >= 0.6 is 23.4 Å². The summed E-state index contributed by atoms with van der Waals surface area (Å²) in [4.78, 5) is 28.4. The predicted octanol–water partition coefficient (Wildman–Crippen LogP) is 3.47. The number of nitrogens with two attached hydrogens (primary N) is 3. The molecule has 1 spiro atoms. The van der Waals surface area contributed by atoms with Crippen LogP contribution in [0.2, 0.25) is 5.02 Å². The molecule has 11 heteroatoms. The zero-order chi connectivity index (χ0) is 24.7. The highest BCUT2D eigenvalue weighted by molar-refractivity contribution is 7.99. The molecule has 0 unspecified atom stereocenters. The van der Waals surface area contributed by atoms with Gasteiger partial charge in [0.1, 0.15) is 10.8 Å². The first-order valence-electron chi connectivity index (χ1n) is 11.2. The van der Waals surface area contributed by atoms with Crippen molar-refractivity contribution in [2.45, 2.75) is 35.2 Å². The van der Waals surface area contributed by atoms with Gasteiger partial charge in [-0.05, 0) is 41.9 Å². The summed E-state index contributed by atoms with van der Waals surface area (Å²) < 4.78 is 5.01. The average Bonchev–Trinajstić information content (AvgIpc) is 3.14. The van der Waals surface area contributed by atoms with Crippen LogP contribution in [0.4, 0.5) is 17.5 Å². The number of aromatic nitrogens is 3. The number of fused-ring (bicyclic) bond motifs is 1. The Hall–Kier alpha value is -3.08. The Kier molecular flexibility index (Phi) is 6.20. The largest absolute Gasteiger partial charge is 0.464 e. The van der Waals surface area contributed by atoms with E-state index in [1.165, 1.54) is 30.0 Å². The maximum absolute atomic E-state index is 12.7. The lowest BCUT2D eigenvalue weighted by molar-refractivity contribution is 0.0593. The number of carbonyl (C=O) groups excluding carboxylic acids is 1. The molecule has 182 valence electrons. The molecule has 0 saturated carbocycles. The lowest BCUT2D eigenvalue weighted by Gasteiger charge is -2.42. The van der Waals surface area contributed by atoms with E-state index in [2.05, 4.69) is 33.2 Å². The third-order valence-corrected chi connectivity index (χ3v) is 8.55. The number of carbonyl (C=O) groups is 1. The van der Waals surface area contributed by atoms with Gasteiger partial charge in [-0.3, -0.25) is 0 Å². The second-order valence-electron chi connectivity index (χ2n) is 8.89.